The summed E-state index contributed by atoms with van der Waals surface area (Å²) in [6.07, 6.45) is 0. The Morgan fingerprint density at radius 2 is 2.17 bits per heavy atom. The molecule has 0 radical (unpaired) electrons. The number of para-hydroxylation sites is 1. The Hall–Kier alpha value is -1.88. The summed E-state index contributed by atoms with van der Waals surface area (Å²) in [5.74, 6) is 0.788. The molecule has 0 bridgehead atoms. The van der Waals surface area contributed by atoms with Crippen molar-refractivity contribution in [2.24, 2.45) is 24.3 Å². The zero-order valence-electron chi connectivity index (χ0n) is 14.2. The first kappa shape index (κ1) is 14.7. The van der Waals surface area contributed by atoms with E-state index >= 15 is 0 Å². The molecule has 2 fully saturated rings. The van der Waals surface area contributed by atoms with E-state index in [1.54, 1.807) is 0 Å². The van der Waals surface area contributed by atoms with Crippen LogP contribution in [0.25, 0.3) is 10.9 Å². The van der Waals surface area contributed by atoms with Gasteiger partial charge in [-0.15, -0.1) is 0 Å². The molecular weight excluding hydrogens is 288 g/mol. The molecule has 5 heteroatoms. The Morgan fingerprint density at radius 3 is 2.87 bits per heavy atom. The minimum Gasteiger partial charge on any atom is -0.345 e. The second kappa shape index (κ2) is 4.57. The Labute approximate surface area is 136 Å². The molecule has 2 aliphatic rings. The van der Waals surface area contributed by atoms with Crippen LogP contribution in [0.1, 0.15) is 26.5 Å². The number of aromatic nitrogens is 2. The first-order valence-corrected chi connectivity index (χ1v) is 8.29. The number of nitrogens with zero attached hydrogens (tertiary/aromatic N) is 2. The molecule has 1 amide bonds. The number of hydrogen-bond donors (Lipinski definition) is 2. The van der Waals surface area contributed by atoms with Gasteiger partial charge in [0.15, 0.2) is 0 Å². The first-order chi connectivity index (χ1) is 10.8. The molecule has 1 aromatic carbocycles. The van der Waals surface area contributed by atoms with Crippen LogP contribution >= 0.6 is 0 Å². The molecule has 122 valence electrons. The van der Waals surface area contributed by atoms with E-state index in [4.69, 9.17) is 0 Å². The van der Waals surface area contributed by atoms with E-state index in [1.807, 2.05) is 37.7 Å². The smallest absolute Gasteiger partial charge is 0.224 e. The van der Waals surface area contributed by atoms with Gasteiger partial charge in [-0.1, -0.05) is 25.1 Å². The van der Waals surface area contributed by atoms with Gasteiger partial charge in [0, 0.05) is 24.9 Å². The summed E-state index contributed by atoms with van der Waals surface area (Å²) in [5, 5.41) is 12.4. The minimum absolute atomic E-state index is 0.137. The van der Waals surface area contributed by atoms with Crippen molar-refractivity contribution in [1.82, 2.24) is 20.4 Å². The monoisotopic (exact) mass is 312 g/mol. The summed E-state index contributed by atoms with van der Waals surface area (Å²) in [4.78, 5) is 12.8. The number of carbonyl (C=O) groups is 1. The Balaban J connectivity index is 1.61. The number of benzene rings is 1. The van der Waals surface area contributed by atoms with Crippen molar-refractivity contribution in [3.63, 3.8) is 0 Å². The number of rotatable bonds is 3. The summed E-state index contributed by atoms with van der Waals surface area (Å²) in [5.41, 5.74) is 1.67. The SMILES string of the molecule is Cn1nc(C(C)(C)NC(=O)C2C3CNCC32C)c2ccccc21. The average Bonchev–Trinajstić information content (AvgIpc) is 2.79. The number of hydrogen-bond acceptors (Lipinski definition) is 3. The Bertz CT molecular complexity index is 793. The topological polar surface area (TPSA) is 59.0 Å². The van der Waals surface area contributed by atoms with Gasteiger partial charge >= 0.3 is 0 Å². The van der Waals surface area contributed by atoms with Crippen LogP contribution in [0.15, 0.2) is 24.3 Å². The number of nitrogens with one attached hydrogen (secondary N) is 2. The highest BCUT2D eigenvalue weighted by Crippen LogP contribution is 2.60. The predicted molar refractivity (Wildman–Crippen MR) is 89.8 cm³/mol. The van der Waals surface area contributed by atoms with Crippen molar-refractivity contribution < 1.29 is 4.79 Å². The summed E-state index contributed by atoms with van der Waals surface area (Å²) >= 11 is 0. The van der Waals surface area contributed by atoms with Crippen LogP contribution < -0.4 is 10.6 Å². The second-order valence-electron chi connectivity index (χ2n) is 7.82. The van der Waals surface area contributed by atoms with E-state index in [2.05, 4.69) is 34.8 Å². The quantitative estimate of drug-likeness (QED) is 0.908. The number of aryl methyl sites for hydroxylation is 1. The molecule has 1 aliphatic carbocycles. The molecule has 1 aromatic heterocycles. The van der Waals surface area contributed by atoms with Gasteiger partial charge in [0.2, 0.25) is 5.91 Å². The molecule has 2 N–H and O–H groups in total. The molecule has 1 saturated carbocycles. The van der Waals surface area contributed by atoms with Gasteiger partial charge in [-0.2, -0.15) is 5.10 Å². The molecule has 23 heavy (non-hydrogen) atoms. The van der Waals surface area contributed by atoms with Gasteiger partial charge in [-0.3, -0.25) is 9.48 Å². The Kier molecular flexibility index (Phi) is 2.92. The molecule has 5 nitrogen and oxygen atoms in total. The fourth-order valence-corrected chi connectivity index (χ4v) is 4.35. The molecule has 1 saturated heterocycles. The maximum atomic E-state index is 12.8. The van der Waals surface area contributed by atoms with Crippen LogP contribution in [0, 0.1) is 17.3 Å². The molecule has 0 spiro atoms. The van der Waals surface area contributed by atoms with Crippen molar-refractivity contribution in [2.45, 2.75) is 26.3 Å². The molecule has 2 aromatic rings. The summed E-state index contributed by atoms with van der Waals surface area (Å²) in [7, 11) is 1.95. The normalized spacial score (nSPS) is 29.6. The van der Waals surface area contributed by atoms with Crippen LogP contribution in [-0.4, -0.2) is 28.8 Å². The highest BCUT2D eigenvalue weighted by Gasteiger charge is 2.67. The van der Waals surface area contributed by atoms with Crippen LogP contribution in [0.5, 0.6) is 0 Å². The maximum Gasteiger partial charge on any atom is 0.224 e. The van der Waals surface area contributed by atoms with Crippen molar-refractivity contribution in [1.29, 1.82) is 0 Å². The first-order valence-electron chi connectivity index (χ1n) is 8.29. The summed E-state index contributed by atoms with van der Waals surface area (Å²) < 4.78 is 1.88. The zero-order chi connectivity index (χ0) is 16.4. The van der Waals surface area contributed by atoms with Gasteiger partial charge in [0.05, 0.1) is 16.7 Å². The van der Waals surface area contributed by atoms with E-state index in [-0.39, 0.29) is 17.2 Å². The third-order valence-electron chi connectivity index (χ3n) is 5.79. The predicted octanol–water partition coefficient (Wildman–Crippen LogP) is 1.78. The second-order valence-corrected chi connectivity index (χ2v) is 7.82. The molecule has 3 atom stereocenters. The van der Waals surface area contributed by atoms with Crippen LogP contribution in [0.4, 0.5) is 0 Å². The number of amides is 1. The van der Waals surface area contributed by atoms with E-state index in [0.717, 1.165) is 29.7 Å². The number of piperidine rings is 1. The van der Waals surface area contributed by atoms with E-state index in [1.165, 1.54) is 0 Å². The highest BCUT2D eigenvalue weighted by atomic mass is 16.2. The lowest BCUT2D eigenvalue weighted by molar-refractivity contribution is -0.125. The molecule has 3 unspecified atom stereocenters. The minimum atomic E-state index is -0.487. The number of fused-ring (bicyclic) bond motifs is 2. The number of carbonyl (C=O) groups excluding carboxylic acids is 1. The van der Waals surface area contributed by atoms with Gasteiger partial charge in [-0.25, -0.2) is 0 Å². The highest BCUT2D eigenvalue weighted by molar-refractivity contribution is 5.87. The van der Waals surface area contributed by atoms with Crippen molar-refractivity contribution in [3.8, 4) is 0 Å². The van der Waals surface area contributed by atoms with Crippen LogP contribution in [-0.2, 0) is 17.4 Å². The lowest BCUT2D eigenvalue weighted by atomic mass is 9.96. The fraction of sp³-hybridized carbons (Fsp3) is 0.556. The van der Waals surface area contributed by atoms with E-state index in [9.17, 15) is 4.79 Å². The zero-order valence-corrected chi connectivity index (χ0v) is 14.2. The average molecular weight is 312 g/mol. The standard InChI is InChI=1S/C18H24N4O/c1-17(2,15-11-7-5-6-8-13(11)22(4)21-15)20-16(23)14-12-9-19-10-18(12,14)3/h5-8,12,14,19H,9-10H2,1-4H3,(H,20,23). The molecule has 2 heterocycles. The third kappa shape index (κ3) is 2.02. The van der Waals surface area contributed by atoms with Crippen LogP contribution in [0.3, 0.4) is 0 Å². The molecular formula is C18H24N4O. The van der Waals surface area contributed by atoms with Crippen molar-refractivity contribution in [3.05, 3.63) is 30.0 Å². The van der Waals surface area contributed by atoms with E-state index < -0.39 is 5.54 Å². The van der Waals surface area contributed by atoms with Crippen molar-refractivity contribution in [2.75, 3.05) is 13.1 Å². The lowest BCUT2D eigenvalue weighted by Crippen LogP contribution is -2.44. The van der Waals surface area contributed by atoms with Crippen molar-refractivity contribution >= 4 is 16.8 Å². The summed E-state index contributed by atoms with van der Waals surface area (Å²) in [6, 6.07) is 8.16. The van der Waals surface area contributed by atoms with E-state index in [0.29, 0.717) is 5.92 Å². The lowest BCUT2D eigenvalue weighted by Gasteiger charge is -2.26. The van der Waals surface area contributed by atoms with Gasteiger partial charge in [-0.05, 0) is 37.8 Å². The third-order valence-corrected chi connectivity index (χ3v) is 5.79. The largest absolute Gasteiger partial charge is 0.345 e. The Morgan fingerprint density at radius 1 is 1.43 bits per heavy atom. The van der Waals surface area contributed by atoms with Gasteiger partial charge < -0.3 is 10.6 Å². The molecule has 4 rings (SSSR count). The summed E-state index contributed by atoms with van der Waals surface area (Å²) in [6.45, 7) is 8.20. The fourth-order valence-electron chi connectivity index (χ4n) is 4.35. The van der Waals surface area contributed by atoms with Gasteiger partial charge in [0.1, 0.15) is 0 Å². The van der Waals surface area contributed by atoms with Gasteiger partial charge in [0.25, 0.3) is 0 Å². The van der Waals surface area contributed by atoms with Crippen LogP contribution in [0.2, 0.25) is 0 Å². The maximum absolute atomic E-state index is 12.8. The molecule has 1 aliphatic heterocycles.